The fourth-order valence-corrected chi connectivity index (χ4v) is 3.81. The highest BCUT2D eigenvalue weighted by Crippen LogP contribution is 2.32. The SMILES string of the molecule is O=C(NCC1CCCC1CCl)c1sccc1Cl. The summed E-state index contributed by atoms with van der Waals surface area (Å²) in [6.45, 7) is 0.713. The van der Waals surface area contributed by atoms with Gasteiger partial charge in [-0.25, -0.2) is 0 Å². The van der Waals surface area contributed by atoms with Crippen LogP contribution in [0, 0.1) is 11.8 Å². The monoisotopic (exact) mass is 291 g/mol. The second kappa shape index (κ2) is 6.07. The van der Waals surface area contributed by atoms with Gasteiger partial charge in [-0.15, -0.1) is 22.9 Å². The normalized spacial score (nSPS) is 23.9. The smallest absolute Gasteiger partial charge is 0.262 e. The van der Waals surface area contributed by atoms with E-state index in [1.54, 1.807) is 6.07 Å². The summed E-state index contributed by atoms with van der Waals surface area (Å²) in [5, 5.41) is 5.32. The van der Waals surface area contributed by atoms with E-state index < -0.39 is 0 Å². The zero-order valence-electron chi connectivity index (χ0n) is 9.42. The van der Waals surface area contributed by atoms with Crippen LogP contribution in [-0.2, 0) is 0 Å². The van der Waals surface area contributed by atoms with Gasteiger partial charge in [0.25, 0.3) is 5.91 Å². The van der Waals surface area contributed by atoms with Crippen LogP contribution in [0.25, 0.3) is 0 Å². The van der Waals surface area contributed by atoms with Crippen LogP contribution in [0.3, 0.4) is 0 Å². The van der Waals surface area contributed by atoms with Gasteiger partial charge in [-0.2, -0.15) is 0 Å². The number of alkyl halides is 1. The maximum absolute atomic E-state index is 11.9. The molecule has 0 spiro atoms. The topological polar surface area (TPSA) is 29.1 Å². The molecule has 1 aliphatic rings. The first-order valence-electron chi connectivity index (χ1n) is 5.79. The van der Waals surface area contributed by atoms with E-state index in [9.17, 15) is 4.79 Å². The van der Waals surface area contributed by atoms with Gasteiger partial charge >= 0.3 is 0 Å². The van der Waals surface area contributed by atoms with E-state index in [-0.39, 0.29) is 5.91 Å². The first kappa shape index (κ1) is 13.2. The largest absolute Gasteiger partial charge is 0.351 e. The molecule has 1 fully saturated rings. The minimum absolute atomic E-state index is 0.0646. The number of amides is 1. The molecule has 1 aromatic heterocycles. The molecule has 1 aliphatic carbocycles. The van der Waals surface area contributed by atoms with E-state index in [1.165, 1.54) is 24.2 Å². The van der Waals surface area contributed by atoms with E-state index in [0.717, 1.165) is 6.42 Å². The number of thiophene rings is 1. The predicted octanol–water partition coefficient (Wildman–Crippen LogP) is 3.79. The average molecular weight is 292 g/mol. The van der Waals surface area contributed by atoms with Crippen molar-refractivity contribution in [1.29, 1.82) is 0 Å². The zero-order chi connectivity index (χ0) is 12.3. The van der Waals surface area contributed by atoms with Crippen molar-refractivity contribution in [1.82, 2.24) is 5.32 Å². The van der Waals surface area contributed by atoms with Crippen LogP contribution < -0.4 is 5.32 Å². The summed E-state index contributed by atoms with van der Waals surface area (Å²) in [4.78, 5) is 12.5. The van der Waals surface area contributed by atoms with Crippen LogP contribution in [-0.4, -0.2) is 18.3 Å². The highest BCUT2D eigenvalue weighted by atomic mass is 35.5. The van der Waals surface area contributed by atoms with Crippen LogP contribution in [0.2, 0.25) is 5.02 Å². The molecule has 0 aliphatic heterocycles. The number of nitrogens with one attached hydrogen (secondary N) is 1. The van der Waals surface area contributed by atoms with Crippen molar-refractivity contribution in [3.05, 3.63) is 21.3 Å². The molecule has 1 N–H and O–H groups in total. The summed E-state index contributed by atoms with van der Waals surface area (Å²) in [5.41, 5.74) is 0. The van der Waals surface area contributed by atoms with E-state index >= 15 is 0 Å². The molecule has 1 aromatic rings. The molecule has 17 heavy (non-hydrogen) atoms. The number of hydrogen-bond acceptors (Lipinski definition) is 2. The summed E-state index contributed by atoms with van der Waals surface area (Å²) < 4.78 is 0. The number of hydrogen-bond donors (Lipinski definition) is 1. The van der Waals surface area contributed by atoms with Crippen LogP contribution in [0.4, 0.5) is 0 Å². The lowest BCUT2D eigenvalue weighted by molar-refractivity contribution is 0.0949. The highest BCUT2D eigenvalue weighted by molar-refractivity contribution is 7.12. The molecule has 0 aromatic carbocycles. The lowest BCUT2D eigenvalue weighted by atomic mass is 9.98. The molecule has 0 radical (unpaired) electrons. The quantitative estimate of drug-likeness (QED) is 0.841. The molecule has 0 bridgehead atoms. The van der Waals surface area contributed by atoms with E-state index in [0.29, 0.717) is 34.2 Å². The third-order valence-electron chi connectivity index (χ3n) is 3.36. The summed E-state index contributed by atoms with van der Waals surface area (Å²) in [5.74, 6) is 1.71. The Kier molecular flexibility index (Phi) is 4.71. The minimum Gasteiger partial charge on any atom is -0.351 e. The Balaban J connectivity index is 1.86. The Morgan fingerprint density at radius 2 is 2.24 bits per heavy atom. The maximum Gasteiger partial charge on any atom is 0.262 e. The Morgan fingerprint density at radius 3 is 2.88 bits per heavy atom. The molecular formula is C12H15Cl2NOS. The molecular weight excluding hydrogens is 277 g/mol. The molecule has 1 amide bonds. The number of carbonyl (C=O) groups is 1. The molecule has 94 valence electrons. The number of halogens is 2. The second-order valence-electron chi connectivity index (χ2n) is 4.41. The van der Waals surface area contributed by atoms with Gasteiger partial charge in [-0.05, 0) is 36.1 Å². The van der Waals surface area contributed by atoms with Gasteiger partial charge < -0.3 is 5.32 Å². The van der Waals surface area contributed by atoms with E-state index in [4.69, 9.17) is 23.2 Å². The summed E-state index contributed by atoms with van der Waals surface area (Å²) >= 11 is 13.2. The van der Waals surface area contributed by atoms with Gasteiger partial charge in [-0.1, -0.05) is 18.0 Å². The fourth-order valence-electron chi connectivity index (χ4n) is 2.35. The Bertz CT molecular complexity index is 394. The van der Waals surface area contributed by atoms with Gasteiger partial charge in [0.15, 0.2) is 0 Å². The van der Waals surface area contributed by atoms with Crippen molar-refractivity contribution >= 4 is 40.4 Å². The van der Waals surface area contributed by atoms with Crippen LogP contribution in [0.15, 0.2) is 11.4 Å². The maximum atomic E-state index is 11.9. The van der Waals surface area contributed by atoms with Gasteiger partial charge in [0.05, 0.1) is 5.02 Å². The van der Waals surface area contributed by atoms with Gasteiger partial charge in [-0.3, -0.25) is 4.79 Å². The van der Waals surface area contributed by atoms with Gasteiger partial charge in [0.1, 0.15) is 4.88 Å². The van der Waals surface area contributed by atoms with E-state index in [2.05, 4.69) is 5.32 Å². The van der Waals surface area contributed by atoms with E-state index in [1.807, 2.05) is 5.38 Å². The Labute approximate surface area is 115 Å². The standard InChI is InChI=1S/C12H15Cl2NOS/c13-6-8-2-1-3-9(8)7-15-12(16)11-10(14)4-5-17-11/h4-5,8-9H,1-3,6-7H2,(H,15,16). The lowest BCUT2D eigenvalue weighted by Crippen LogP contribution is -2.30. The first-order chi connectivity index (χ1) is 8.22. The summed E-state index contributed by atoms with van der Waals surface area (Å²) in [6, 6.07) is 1.75. The molecule has 1 heterocycles. The second-order valence-corrected chi connectivity index (χ2v) is 6.04. The van der Waals surface area contributed by atoms with Crippen molar-refractivity contribution in [3.8, 4) is 0 Å². The van der Waals surface area contributed by atoms with Crippen LogP contribution in [0.5, 0.6) is 0 Å². The molecule has 5 heteroatoms. The van der Waals surface area contributed by atoms with Gasteiger partial charge in [0.2, 0.25) is 0 Å². The summed E-state index contributed by atoms with van der Waals surface area (Å²) in [7, 11) is 0. The third kappa shape index (κ3) is 3.15. The van der Waals surface area contributed by atoms with Crippen molar-refractivity contribution in [2.24, 2.45) is 11.8 Å². The fraction of sp³-hybridized carbons (Fsp3) is 0.583. The molecule has 2 rings (SSSR count). The van der Waals surface area contributed by atoms with Crippen LogP contribution >= 0.6 is 34.5 Å². The molecule has 2 atom stereocenters. The van der Waals surface area contributed by atoms with Crippen LogP contribution in [0.1, 0.15) is 28.9 Å². The summed E-state index contributed by atoms with van der Waals surface area (Å²) in [6.07, 6.45) is 3.57. The van der Waals surface area contributed by atoms with Crippen molar-refractivity contribution in [3.63, 3.8) is 0 Å². The Hall–Kier alpha value is -0.250. The number of rotatable bonds is 4. The molecule has 1 saturated carbocycles. The average Bonchev–Trinajstić information content (AvgIpc) is 2.94. The zero-order valence-corrected chi connectivity index (χ0v) is 11.7. The third-order valence-corrected chi connectivity index (χ3v) is 5.10. The van der Waals surface area contributed by atoms with Crippen molar-refractivity contribution in [2.45, 2.75) is 19.3 Å². The minimum atomic E-state index is -0.0646. The molecule has 2 nitrogen and oxygen atoms in total. The molecule has 0 saturated heterocycles. The number of carbonyl (C=O) groups excluding carboxylic acids is 1. The first-order valence-corrected chi connectivity index (χ1v) is 7.58. The molecule has 2 unspecified atom stereocenters. The lowest BCUT2D eigenvalue weighted by Gasteiger charge is -2.17. The van der Waals surface area contributed by atoms with Crippen molar-refractivity contribution < 1.29 is 4.79 Å². The predicted molar refractivity (Wildman–Crippen MR) is 73.2 cm³/mol. The Morgan fingerprint density at radius 1 is 1.47 bits per heavy atom. The van der Waals surface area contributed by atoms with Gasteiger partial charge in [0, 0.05) is 12.4 Å². The highest BCUT2D eigenvalue weighted by Gasteiger charge is 2.27. The van der Waals surface area contributed by atoms with Crippen molar-refractivity contribution in [2.75, 3.05) is 12.4 Å².